The van der Waals surface area contributed by atoms with E-state index in [0.29, 0.717) is 18.8 Å². The molecule has 148 valence electrons. The van der Waals surface area contributed by atoms with E-state index in [9.17, 15) is 18.0 Å². The van der Waals surface area contributed by atoms with Crippen molar-refractivity contribution in [1.82, 2.24) is 9.21 Å². The van der Waals surface area contributed by atoms with Crippen LogP contribution in [0.2, 0.25) is 0 Å². The zero-order chi connectivity index (χ0) is 19.2. The number of carbonyl (C=O) groups is 2. The zero-order valence-electron chi connectivity index (χ0n) is 15.3. The largest absolute Gasteiger partial charge is 0.480 e. The van der Waals surface area contributed by atoms with Crippen LogP contribution >= 0.6 is 12.4 Å². The van der Waals surface area contributed by atoms with E-state index in [4.69, 9.17) is 5.11 Å². The van der Waals surface area contributed by atoms with Crippen molar-refractivity contribution in [1.29, 1.82) is 0 Å². The number of halogens is 1. The predicted molar refractivity (Wildman–Crippen MR) is 102 cm³/mol. The summed E-state index contributed by atoms with van der Waals surface area (Å²) in [4.78, 5) is 24.4. The van der Waals surface area contributed by atoms with Gasteiger partial charge in [-0.25, -0.2) is 8.42 Å². The Hall–Kier alpha value is -1.68. The van der Waals surface area contributed by atoms with Gasteiger partial charge in [0.15, 0.2) is 0 Å². The third-order valence-electron chi connectivity index (χ3n) is 3.87. The first kappa shape index (κ1) is 24.3. The van der Waals surface area contributed by atoms with Gasteiger partial charge in [-0.3, -0.25) is 14.5 Å². The number of carboxylic acid groups (broad SMARTS) is 1. The second-order valence-electron chi connectivity index (χ2n) is 5.59. The highest BCUT2D eigenvalue weighted by molar-refractivity contribution is 7.89. The van der Waals surface area contributed by atoms with E-state index in [1.54, 1.807) is 26.0 Å². The standard InChI is InChI=1S/C16H25N3O5S.ClH/c1-5-19(6-2)25(23,24)14-9-7-8-13(10-14)17-15(20)11-18(4)12(3)16(21)22;/h7-10,12H,5-6,11H2,1-4H3,(H,17,20)(H,21,22);1H. The molecule has 10 heteroatoms. The van der Waals surface area contributed by atoms with Gasteiger partial charge >= 0.3 is 5.97 Å². The van der Waals surface area contributed by atoms with Gasteiger partial charge in [-0.2, -0.15) is 4.31 Å². The molecular weight excluding hydrogens is 382 g/mol. The number of benzene rings is 1. The highest BCUT2D eigenvalue weighted by atomic mass is 35.5. The summed E-state index contributed by atoms with van der Waals surface area (Å²) in [6, 6.07) is 5.20. The summed E-state index contributed by atoms with van der Waals surface area (Å²) < 4.78 is 26.4. The van der Waals surface area contributed by atoms with Gasteiger partial charge in [-0.05, 0) is 32.2 Å². The number of amides is 1. The minimum atomic E-state index is -3.61. The summed E-state index contributed by atoms with van der Waals surface area (Å²) in [5.74, 6) is -1.45. The predicted octanol–water partition coefficient (Wildman–Crippen LogP) is 1.48. The lowest BCUT2D eigenvalue weighted by Crippen LogP contribution is -2.40. The van der Waals surface area contributed by atoms with Crippen molar-refractivity contribution in [3.05, 3.63) is 24.3 Å². The number of aliphatic carboxylic acids is 1. The second kappa shape index (κ2) is 10.5. The van der Waals surface area contributed by atoms with Crippen molar-refractivity contribution < 1.29 is 23.1 Å². The summed E-state index contributed by atoms with van der Waals surface area (Å²) in [6.45, 7) is 5.58. The van der Waals surface area contributed by atoms with Gasteiger partial charge in [0.1, 0.15) is 6.04 Å². The smallest absolute Gasteiger partial charge is 0.320 e. The van der Waals surface area contributed by atoms with Crippen LogP contribution in [0.1, 0.15) is 20.8 Å². The summed E-state index contributed by atoms with van der Waals surface area (Å²) >= 11 is 0. The number of hydrogen-bond donors (Lipinski definition) is 2. The first-order valence-electron chi connectivity index (χ1n) is 7.96. The number of rotatable bonds is 9. The normalized spacial score (nSPS) is 12.5. The lowest BCUT2D eigenvalue weighted by atomic mass is 10.3. The molecule has 0 saturated carbocycles. The van der Waals surface area contributed by atoms with Crippen molar-refractivity contribution in [2.24, 2.45) is 0 Å². The number of nitrogens with zero attached hydrogens (tertiary/aromatic N) is 2. The third kappa shape index (κ3) is 6.24. The Bertz CT molecular complexity index is 722. The van der Waals surface area contributed by atoms with E-state index in [1.807, 2.05) is 0 Å². The van der Waals surface area contributed by atoms with E-state index in [0.717, 1.165) is 0 Å². The molecule has 0 aromatic heterocycles. The lowest BCUT2D eigenvalue weighted by Gasteiger charge is -2.21. The molecule has 2 N–H and O–H groups in total. The number of anilines is 1. The SMILES string of the molecule is CCN(CC)S(=O)(=O)c1cccc(NC(=O)CN(C)C(C)C(=O)O)c1.Cl. The Kier molecular flexibility index (Phi) is 9.79. The van der Waals surface area contributed by atoms with Crippen LogP contribution in [-0.4, -0.2) is 67.3 Å². The molecule has 1 unspecified atom stereocenters. The van der Waals surface area contributed by atoms with Crippen LogP contribution in [0, 0.1) is 0 Å². The zero-order valence-corrected chi connectivity index (χ0v) is 16.9. The Balaban J connectivity index is 0.00000625. The van der Waals surface area contributed by atoms with Crippen molar-refractivity contribution in [3.63, 3.8) is 0 Å². The molecule has 26 heavy (non-hydrogen) atoms. The molecular formula is C16H26ClN3O5S. The molecule has 1 aromatic rings. The quantitative estimate of drug-likeness (QED) is 0.642. The summed E-state index contributed by atoms with van der Waals surface area (Å²) in [5.41, 5.74) is 0.342. The number of carbonyl (C=O) groups excluding carboxylic acids is 1. The highest BCUT2D eigenvalue weighted by Crippen LogP contribution is 2.19. The van der Waals surface area contributed by atoms with Gasteiger partial charge in [0, 0.05) is 18.8 Å². The molecule has 0 spiro atoms. The first-order chi connectivity index (χ1) is 11.6. The van der Waals surface area contributed by atoms with E-state index < -0.39 is 27.9 Å². The fourth-order valence-electron chi connectivity index (χ4n) is 2.20. The van der Waals surface area contributed by atoms with Crippen LogP contribution in [0.4, 0.5) is 5.69 Å². The first-order valence-corrected chi connectivity index (χ1v) is 9.40. The minimum absolute atomic E-state index is 0. The molecule has 0 heterocycles. The second-order valence-corrected chi connectivity index (χ2v) is 7.53. The summed E-state index contributed by atoms with van der Waals surface area (Å²) in [7, 11) is -2.09. The Morgan fingerprint density at radius 3 is 2.31 bits per heavy atom. The van der Waals surface area contributed by atoms with Crippen LogP contribution in [0.3, 0.4) is 0 Å². The van der Waals surface area contributed by atoms with E-state index in [1.165, 1.54) is 35.3 Å². The van der Waals surface area contributed by atoms with Crippen molar-refractivity contribution in [2.45, 2.75) is 31.7 Å². The van der Waals surface area contributed by atoms with Gasteiger partial charge in [-0.1, -0.05) is 19.9 Å². The van der Waals surface area contributed by atoms with Crippen LogP contribution in [0.25, 0.3) is 0 Å². The highest BCUT2D eigenvalue weighted by Gasteiger charge is 2.22. The third-order valence-corrected chi connectivity index (χ3v) is 5.92. The van der Waals surface area contributed by atoms with Gasteiger partial charge < -0.3 is 10.4 Å². The maximum absolute atomic E-state index is 12.5. The van der Waals surface area contributed by atoms with E-state index in [-0.39, 0.29) is 23.8 Å². The Morgan fingerprint density at radius 2 is 1.81 bits per heavy atom. The van der Waals surface area contributed by atoms with Gasteiger partial charge in [0.05, 0.1) is 11.4 Å². The molecule has 0 aliphatic rings. The average molecular weight is 408 g/mol. The Labute approximate surface area is 160 Å². The fourth-order valence-corrected chi connectivity index (χ4v) is 3.70. The monoisotopic (exact) mass is 407 g/mol. The molecule has 0 radical (unpaired) electrons. The molecule has 8 nitrogen and oxygen atoms in total. The van der Waals surface area contributed by atoms with Crippen LogP contribution < -0.4 is 5.32 Å². The molecule has 1 amide bonds. The van der Waals surface area contributed by atoms with Crippen molar-refractivity contribution in [2.75, 3.05) is 32.0 Å². The van der Waals surface area contributed by atoms with Crippen molar-refractivity contribution in [3.8, 4) is 0 Å². The lowest BCUT2D eigenvalue weighted by molar-refractivity contribution is -0.142. The number of hydrogen-bond acceptors (Lipinski definition) is 5. The molecule has 1 aromatic carbocycles. The Morgan fingerprint density at radius 1 is 1.23 bits per heavy atom. The van der Waals surface area contributed by atoms with E-state index in [2.05, 4.69) is 5.32 Å². The molecule has 0 aliphatic carbocycles. The molecule has 1 rings (SSSR count). The van der Waals surface area contributed by atoms with Crippen LogP contribution in [0.5, 0.6) is 0 Å². The maximum Gasteiger partial charge on any atom is 0.320 e. The molecule has 0 saturated heterocycles. The van der Waals surface area contributed by atoms with Crippen LogP contribution in [0.15, 0.2) is 29.2 Å². The van der Waals surface area contributed by atoms with Gasteiger partial charge in [0.25, 0.3) is 0 Å². The number of sulfonamides is 1. The van der Waals surface area contributed by atoms with Gasteiger partial charge in [0.2, 0.25) is 15.9 Å². The number of likely N-dealkylation sites (N-methyl/N-ethyl adjacent to an activating group) is 1. The molecule has 0 bridgehead atoms. The number of carboxylic acids is 1. The molecule has 1 atom stereocenters. The topological polar surface area (TPSA) is 107 Å². The van der Waals surface area contributed by atoms with Crippen molar-refractivity contribution >= 4 is 40.0 Å². The average Bonchev–Trinajstić information content (AvgIpc) is 2.54. The van der Waals surface area contributed by atoms with Crippen LogP contribution in [-0.2, 0) is 19.6 Å². The van der Waals surface area contributed by atoms with E-state index >= 15 is 0 Å². The summed E-state index contributed by atoms with van der Waals surface area (Å²) in [5, 5.41) is 11.5. The van der Waals surface area contributed by atoms with Gasteiger partial charge in [-0.15, -0.1) is 12.4 Å². The summed E-state index contributed by atoms with van der Waals surface area (Å²) in [6.07, 6.45) is 0. The number of nitrogens with one attached hydrogen (secondary N) is 1. The fraction of sp³-hybridized carbons (Fsp3) is 0.500. The maximum atomic E-state index is 12.5. The molecule has 0 fully saturated rings. The minimum Gasteiger partial charge on any atom is -0.480 e. The molecule has 0 aliphatic heterocycles.